The first-order valence-electron chi connectivity index (χ1n) is 9.72. The Kier molecular flexibility index (Phi) is 5.50. The van der Waals surface area contributed by atoms with Crippen molar-refractivity contribution in [1.29, 1.82) is 0 Å². The Morgan fingerprint density at radius 2 is 1.93 bits per heavy atom. The monoisotopic (exact) mass is 418 g/mol. The summed E-state index contributed by atoms with van der Waals surface area (Å²) < 4.78 is 6.56. The molecule has 0 atom stereocenters. The zero-order valence-corrected chi connectivity index (χ0v) is 17.9. The summed E-state index contributed by atoms with van der Waals surface area (Å²) in [6.07, 6.45) is 1.45. The predicted octanol–water partition coefficient (Wildman–Crippen LogP) is 5.14. The molecule has 0 N–H and O–H groups in total. The summed E-state index contributed by atoms with van der Waals surface area (Å²) in [7, 11) is 1.55. The van der Waals surface area contributed by atoms with Crippen molar-refractivity contribution in [3.05, 3.63) is 81.7 Å². The molecule has 0 saturated carbocycles. The van der Waals surface area contributed by atoms with Gasteiger partial charge in [-0.2, -0.15) is 0 Å². The minimum absolute atomic E-state index is 0.0729. The van der Waals surface area contributed by atoms with E-state index in [9.17, 15) is 9.59 Å². The lowest BCUT2D eigenvalue weighted by Gasteiger charge is -2.08. The second-order valence-electron chi connectivity index (χ2n) is 7.44. The quantitative estimate of drug-likeness (QED) is 0.407. The van der Waals surface area contributed by atoms with Crippen LogP contribution in [0, 0.1) is 0 Å². The van der Waals surface area contributed by atoms with Gasteiger partial charge in [0.05, 0.1) is 25.4 Å². The molecule has 2 heterocycles. The van der Waals surface area contributed by atoms with Crippen LogP contribution in [-0.2, 0) is 6.54 Å². The third-order valence-electron chi connectivity index (χ3n) is 5.15. The molecule has 0 amide bonds. The number of nitrogens with zero attached hydrogens (tertiary/aromatic N) is 2. The molecule has 5 nitrogen and oxygen atoms in total. The first-order chi connectivity index (χ1) is 14.5. The van der Waals surface area contributed by atoms with Crippen molar-refractivity contribution >= 4 is 27.3 Å². The molecule has 30 heavy (non-hydrogen) atoms. The number of methoxy groups -OCH3 is 1. The average molecular weight is 419 g/mol. The van der Waals surface area contributed by atoms with E-state index in [-0.39, 0.29) is 17.9 Å². The number of hydrogen-bond donors (Lipinski definition) is 0. The van der Waals surface area contributed by atoms with Gasteiger partial charge in [-0.3, -0.25) is 14.2 Å². The number of carbonyl (C=O) groups is 1. The smallest absolute Gasteiger partial charge is 0.263 e. The Labute approximate surface area is 178 Å². The van der Waals surface area contributed by atoms with Crippen molar-refractivity contribution in [2.24, 2.45) is 0 Å². The fraction of sp³-hybridized carbons (Fsp3) is 0.208. The zero-order valence-electron chi connectivity index (χ0n) is 17.1. The third-order valence-corrected chi connectivity index (χ3v) is 6.04. The number of aromatic nitrogens is 2. The fourth-order valence-electron chi connectivity index (χ4n) is 3.38. The maximum Gasteiger partial charge on any atom is 0.263 e. The van der Waals surface area contributed by atoms with Crippen LogP contribution in [0.25, 0.3) is 21.3 Å². The summed E-state index contributed by atoms with van der Waals surface area (Å²) >= 11 is 1.44. The Morgan fingerprint density at radius 3 is 2.63 bits per heavy atom. The summed E-state index contributed by atoms with van der Waals surface area (Å²) in [5.74, 6) is 0.877. The molecule has 0 radical (unpaired) electrons. The van der Waals surface area contributed by atoms with E-state index in [2.05, 4.69) is 31.0 Å². The number of hydrogen-bond acceptors (Lipinski definition) is 5. The Hall–Kier alpha value is -3.25. The molecule has 0 aliphatic rings. The molecule has 0 aliphatic carbocycles. The van der Waals surface area contributed by atoms with Gasteiger partial charge in [0, 0.05) is 16.5 Å². The number of rotatable bonds is 6. The van der Waals surface area contributed by atoms with Crippen LogP contribution in [-0.4, -0.2) is 22.4 Å². The van der Waals surface area contributed by atoms with Crippen molar-refractivity contribution < 1.29 is 9.53 Å². The third kappa shape index (κ3) is 3.78. The molecule has 0 bridgehead atoms. The molecule has 4 aromatic rings. The van der Waals surface area contributed by atoms with E-state index < -0.39 is 0 Å². The highest BCUT2D eigenvalue weighted by molar-refractivity contribution is 7.17. The van der Waals surface area contributed by atoms with Gasteiger partial charge in [0.1, 0.15) is 10.6 Å². The average Bonchev–Trinajstić information content (AvgIpc) is 3.20. The molecule has 2 aromatic heterocycles. The Balaban J connectivity index is 1.71. The fourth-order valence-corrected chi connectivity index (χ4v) is 4.29. The first kappa shape index (κ1) is 20.0. The summed E-state index contributed by atoms with van der Waals surface area (Å²) in [5, 5.41) is 2.51. The van der Waals surface area contributed by atoms with Crippen molar-refractivity contribution in [2.75, 3.05) is 7.11 Å². The van der Waals surface area contributed by atoms with Gasteiger partial charge in [-0.05, 0) is 29.2 Å². The normalized spacial score (nSPS) is 11.2. The highest BCUT2D eigenvalue weighted by Gasteiger charge is 2.16. The lowest BCUT2D eigenvalue weighted by Crippen LogP contribution is -2.24. The van der Waals surface area contributed by atoms with Gasteiger partial charge in [-0.1, -0.05) is 50.2 Å². The maximum absolute atomic E-state index is 13.2. The molecule has 4 rings (SSSR count). The van der Waals surface area contributed by atoms with Gasteiger partial charge < -0.3 is 4.74 Å². The number of fused-ring (bicyclic) bond motifs is 1. The van der Waals surface area contributed by atoms with Crippen molar-refractivity contribution in [3.8, 4) is 16.9 Å². The summed E-state index contributed by atoms with van der Waals surface area (Å²) in [4.78, 5) is 31.0. The minimum Gasteiger partial charge on any atom is -0.497 e. The maximum atomic E-state index is 13.2. The summed E-state index contributed by atoms with van der Waals surface area (Å²) in [6, 6.07) is 15.2. The van der Waals surface area contributed by atoms with E-state index in [4.69, 9.17) is 4.74 Å². The van der Waals surface area contributed by atoms with Crippen LogP contribution in [0.5, 0.6) is 5.75 Å². The first-order valence-corrected chi connectivity index (χ1v) is 10.6. The van der Waals surface area contributed by atoms with Gasteiger partial charge in [0.15, 0.2) is 5.78 Å². The van der Waals surface area contributed by atoms with Crippen molar-refractivity contribution in [2.45, 2.75) is 26.3 Å². The van der Waals surface area contributed by atoms with E-state index in [0.29, 0.717) is 27.4 Å². The van der Waals surface area contributed by atoms with Gasteiger partial charge in [0.25, 0.3) is 5.56 Å². The number of Topliss-reactive ketones (excluding diaryl/α,β-unsaturated/α-hetero) is 1. The molecule has 0 aliphatic heterocycles. The Bertz CT molecular complexity index is 1270. The molecule has 2 aromatic carbocycles. The van der Waals surface area contributed by atoms with E-state index in [0.717, 1.165) is 11.1 Å². The highest BCUT2D eigenvalue weighted by atomic mass is 32.1. The molecule has 152 valence electrons. The van der Waals surface area contributed by atoms with Crippen LogP contribution in [0.15, 0.2) is 65.0 Å². The Morgan fingerprint density at radius 1 is 1.17 bits per heavy atom. The number of carbonyl (C=O) groups excluding carboxylic acids is 1. The molecular formula is C24H22N2O3S. The number of ether oxygens (including phenoxy) is 1. The largest absolute Gasteiger partial charge is 0.497 e. The zero-order chi connectivity index (χ0) is 21.3. The minimum atomic E-state index is -0.208. The van der Waals surface area contributed by atoms with E-state index in [1.807, 2.05) is 17.5 Å². The number of ketones is 1. The van der Waals surface area contributed by atoms with Gasteiger partial charge >= 0.3 is 0 Å². The van der Waals surface area contributed by atoms with Gasteiger partial charge in [-0.15, -0.1) is 11.3 Å². The van der Waals surface area contributed by atoms with Crippen LogP contribution in [0.3, 0.4) is 0 Å². The van der Waals surface area contributed by atoms with Gasteiger partial charge in [-0.25, -0.2) is 4.98 Å². The summed E-state index contributed by atoms with van der Waals surface area (Å²) in [5.41, 5.74) is 3.36. The molecule has 0 unspecified atom stereocenters. The van der Waals surface area contributed by atoms with E-state index in [1.54, 1.807) is 31.4 Å². The molecule has 0 saturated heterocycles. The van der Waals surface area contributed by atoms with Crippen LogP contribution in [0.4, 0.5) is 0 Å². The molecule has 6 heteroatoms. The van der Waals surface area contributed by atoms with Crippen LogP contribution >= 0.6 is 11.3 Å². The topological polar surface area (TPSA) is 61.2 Å². The predicted molar refractivity (Wildman–Crippen MR) is 121 cm³/mol. The van der Waals surface area contributed by atoms with Crippen LogP contribution in [0.1, 0.15) is 35.7 Å². The second-order valence-corrected chi connectivity index (χ2v) is 8.30. The molecular weight excluding hydrogens is 396 g/mol. The van der Waals surface area contributed by atoms with Gasteiger partial charge in [0.2, 0.25) is 0 Å². The van der Waals surface area contributed by atoms with E-state index >= 15 is 0 Å². The SMILES string of the molecule is COc1cccc(C(=O)Cn2cnc3scc(-c4ccc(C(C)C)cc4)c3c2=O)c1. The van der Waals surface area contributed by atoms with Crippen molar-refractivity contribution in [1.82, 2.24) is 9.55 Å². The molecule has 0 fully saturated rings. The second kappa shape index (κ2) is 8.24. The van der Waals surface area contributed by atoms with E-state index in [1.165, 1.54) is 27.8 Å². The highest BCUT2D eigenvalue weighted by Crippen LogP contribution is 2.31. The number of thiophene rings is 1. The van der Waals surface area contributed by atoms with Crippen LogP contribution in [0.2, 0.25) is 0 Å². The van der Waals surface area contributed by atoms with Crippen molar-refractivity contribution in [3.63, 3.8) is 0 Å². The van der Waals surface area contributed by atoms with Crippen LogP contribution < -0.4 is 10.3 Å². The standard InChI is InChI=1S/C24H22N2O3S/c1-15(2)16-7-9-17(10-8-16)20-13-30-23-22(20)24(28)26(14-25-23)12-21(27)18-5-4-6-19(11-18)29-3/h4-11,13-15H,12H2,1-3H3. The summed E-state index contributed by atoms with van der Waals surface area (Å²) in [6.45, 7) is 4.23. The lowest BCUT2D eigenvalue weighted by molar-refractivity contribution is 0.0970. The molecule has 0 spiro atoms. The lowest BCUT2D eigenvalue weighted by atomic mass is 9.99. The number of benzene rings is 2.